The van der Waals surface area contributed by atoms with Gasteiger partial charge in [0.2, 0.25) is 0 Å². The van der Waals surface area contributed by atoms with Crippen molar-refractivity contribution in [2.24, 2.45) is 0 Å². The van der Waals surface area contributed by atoms with Gasteiger partial charge in [-0.15, -0.1) is 22.7 Å². The molecule has 4 aromatic rings. The number of benzene rings is 1. The molecule has 0 radical (unpaired) electrons. The van der Waals surface area contributed by atoms with Gasteiger partial charge in [-0.25, -0.2) is 0 Å². The van der Waals surface area contributed by atoms with Gasteiger partial charge in [-0.2, -0.15) is 5.10 Å². The number of nitrogens with zero attached hydrogens (tertiary/aromatic N) is 5. The Kier molecular flexibility index (Phi) is 7.53. The molecule has 4 rings (SSSR count). The van der Waals surface area contributed by atoms with E-state index in [4.69, 9.17) is 12.2 Å². The molecule has 0 saturated heterocycles. The van der Waals surface area contributed by atoms with Gasteiger partial charge in [0.05, 0.1) is 11.0 Å². The summed E-state index contributed by atoms with van der Waals surface area (Å²) in [6.45, 7) is 1.64. The minimum Gasteiger partial charge on any atom is -0.480 e. The number of carboxylic acids is 1. The first-order valence-electron chi connectivity index (χ1n) is 10.0. The first-order valence-corrected chi connectivity index (χ1v) is 12.2. The Morgan fingerprint density at radius 1 is 1.12 bits per heavy atom. The lowest BCUT2D eigenvalue weighted by molar-refractivity contribution is -0.144. The maximum atomic E-state index is 12.2. The molecule has 0 spiro atoms. The smallest absolute Gasteiger partial charge is 0.320 e. The summed E-state index contributed by atoms with van der Waals surface area (Å²) >= 11 is 8.47. The van der Waals surface area contributed by atoms with Gasteiger partial charge in [0, 0.05) is 47.3 Å². The highest BCUT2D eigenvalue weighted by molar-refractivity contribution is 7.71. The predicted molar refractivity (Wildman–Crippen MR) is 127 cm³/mol. The zero-order chi connectivity index (χ0) is 22.3. The fraction of sp³-hybridized carbons (Fsp3) is 0.286. The molecule has 0 amide bonds. The molecule has 0 aliphatic heterocycles. The van der Waals surface area contributed by atoms with E-state index in [1.54, 1.807) is 23.4 Å². The third kappa shape index (κ3) is 5.54. The topological polar surface area (TPSA) is 99.9 Å². The molecular formula is C21H22N6O2S3. The number of thiazole rings is 2. The van der Waals surface area contributed by atoms with Crippen LogP contribution >= 0.6 is 34.9 Å². The van der Waals surface area contributed by atoms with Gasteiger partial charge in [-0.05, 0) is 25.1 Å². The average molecular weight is 487 g/mol. The van der Waals surface area contributed by atoms with Gasteiger partial charge in [-0.1, -0.05) is 30.3 Å². The summed E-state index contributed by atoms with van der Waals surface area (Å²) < 4.78 is 2.46. The van der Waals surface area contributed by atoms with E-state index in [0.29, 0.717) is 37.2 Å². The lowest BCUT2D eigenvalue weighted by atomic mass is 10.1. The van der Waals surface area contributed by atoms with E-state index in [1.807, 2.05) is 39.8 Å². The van der Waals surface area contributed by atoms with Gasteiger partial charge >= 0.3 is 5.97 Å². The minimum absolute atomic E-state index is 0.480. The molecule has 3 aromatic heterocycles. The number of nitrogens with one attached hydrogen (secondary N) is 1. The van der Waals surface area contributed by atoms with Gasteiger partial charge in [0.25, 0.3) is 0 Å². The molecule has 8 nitrogen and oxygen atoms in total. The van der Waals surface area contributed by atoms with Gasteiger partial charge in [-0.3, -0.25) is 24.8 Å². The molecule has 166 valence electrons. The van der Waals surface area contributed by atoms with Gasteiger partial charge < -0.3 is 9.67 Å². The maximum absolute atomic E-state index is 12.2. The van der Waals surface area contributed by atoms with Crippen LogP contribution in [0.25, 0.3) is 11.4 Å². The fourth-order valence-corrected chi connectivity index (χ4v) is 5.02. The largest absolute Gasteiger partial charge is 0.480 e. The molecule has 11 heteroatoms. The predicted octanol–water partition coefficient (Wildman–Crippen LogP) is 4.46. The number of carboxylic acid groups (broad SMARTS) is 1. The number of aromatic nitrogens is 5. The van der Waals surface area contributed by atoms with Crippen molar-refractivity contribution in [3.05, 3.63) is 68.3 Å². The van der Waals surface area contributed by atoms with Crippen LogP contribution < -0.4 is 0 Å². The van der Waals surface area contributed by atoms with E-state index in [0.717, 1.165) is 21.1 Å². The third-order valence-corrected chi connectivity index (χ3v) is 6.90. The molecule has 0 saturated carbocycles. The first kappa shape index (κ1) is 22.5. The number of hydrogen-bond donors (Lipinski definition) is 2. The summed E-state index contributed by atoms with van der Waals surface area (Å²) in [4.78, 5) is 24.5. The lowest BCUT2D eigenvalue weighted by Crippen LogP contribution is -2.40. The Balaban J connectivity index is 1.48. The summed E-state index contributed by atoms with van der Waals surface area (Å²) in [5, 5.41) is 17.3. The van der Waals surface area contributed by atoms with E-state index in [9.17, 15) is 9.90 Å². The second-order valence-corrected chi connectivity index (χ2v) is 9.54. The Morgan fingerprint density at radius 3 is 2.34 bits per heavy atom. The number of aliphatic carboxylic acids is 1. The molecule has 3 heterocycles. The summed E-state index contributed by atoms with van der Waals surface area (Å²) in [6.07, 6.45) is 4.71. The van der Waals surface area contributed by atoms with E-state index < -0.39 is 12.0 Å². The second-order valence-electron chi connectivity index (χ2n) is 7.21. The molecular weight excluding hydrogens is 464 g/mol. The van der Waals surface area contributed by atoms with E-state index in [2.05, 4.69) is 20.2 Å². The van der Waals surface area contributed by atoms with Crippen LogP contribution in [-0.4, -0.2) is 46.8 Å². The number of aromatic amines is 1. The monoisotopic (exact) mass is 486 g/mol. The lowest BCUT2D eigenvalue weighted by Gasteiger charge is -2.28. The van der Waals surface area contributed by atoms with E-state index in [-0.39, 0.29) is 0 Å². The van der Waals surface area contributed by atoms with Gasteiger partial charge in [0.15, 0.2) is 10.6 Å². The maximum Gasteiger partial charge on any atom is 0.320 e. The summed E-state index contributed by atoms with van der Waals surface area (Å²) in [5.74, 6) is -0.0771. The Labute approximate surface area is 198 Å². The van der Waals surface area contributed by atoms with Crippen molar-refractivity contribution in [1.82, 2.24) is 29.6 Å². The SMILES string of the molecule is O=C(O)[C@H](CCCn1c(-c2ccccc2)n[nH]c1=S)N(Cc1cncs1)Cc1cncs1. The molecule has 2 N–H and O–H groups in total. The minimum atomic E-state index is -0.835. The van der Waals surface area contributed by atoms with Crippen molar-refractivity contribution in [2.45, 2.75) is 38.5 Å². The summed E-state index contributed by atoms with van der Waals surface area (Å²) in [5.41, 5.74) is 4.50. The standard InChI is InChI=1S/C21H22N6O2S3/c28-20(29)18(26(11-16-9-22-13-31-16)12-17-10-23-14-32-17)7-4-8-27-19(24-25-21(27)30)15-5-2-1-3-6-15/h1-3,5-6,9-10,13-14,18H,4,7-8,11-12H2,(H,25,30)(H,28,29)/t18-/m0/s1. The molecule has 0 aliphatic carbocycles. The molecule has 1 atom stereocenters. The average Bonchev–Trinajstić information content (AvgIpc) is 3.55. The number of hydrogen-bond acceptors (Lipinski definition) is 8. The molecule has 32 heavy (non-hydrogen) atoms. The van der Waals surface area contributed by atoms with E-state index >= 15 is 0 Å². The van der Waals surface area contributed by atoms with Crippen LogP contribution in [0.3, 0.4) is 0 Å². The molecule has 0 bridgehead atoms. The Bertz CT molecular complexity index is 1140. The highest BCUT2D eigenvalue weighted by Crippen LogP contribution is 2.22. The van der Waals surface area contributed by atoms with Crippen molar-refractivity contribution >= 4 is 40.9 Å². The normalized spacial score (nSPS) is 12.3. The van der Waals surface area contributed by atoms with Crippen LogP contribution in [0.2, 0.25) is 0 Å². The van der Waals surface area contributed by atoms with Crippen LogP contribution in [0.5, 0.6) is 0 Å². The quantitative estimate of drug-likeness (QED) is 0.302. The molecule has 0 fully saturated rings. The van der Waals surface area contributed by atoms with Gasteiger partial charge in [0.1, 0.15) is 6.04 Å². The van der Waals surface area contributed by atoms with Crippen molar-refractivity contribution < 1.29 is 9.90 Å². The zero-order valence-corrected chi connectivity index (χ0v) is 19.6. The molecule has 0 aliphatic rings. The Hall–Kier alpha value is -2.73. The number of H-pyrrole nitrogens is 1. The van der Waals surface area contributed by atoms with Crippen molar-refractivity contribution in [1.29, 1.82) is 0 Å². The molecule has 0 unspecified atom stereocenters. The fourth-order valence-electron chi connectivity index (χ4n) is 3.55. The Morgan fingerprint density at radius 2 is 1.78 bits per heavy atom. The zero-order valence-electron chi connectivity index (χ0n) is 17.1. The van der Waals surface area contributed by atoms with Crippen molar-refractivity contribution in [3.63, 3.8) is 0 Å². The summed E-state index contributed by atoms with van der Waals surface area (Å²) in [6, 6.07) is 9.18. The highest BCUT2D eigenvalue weighted by Gasteiger charge is 2.26. The first-order chi connectivity index (χ1) is 15.6. The number of carbonyl (C=O) groups is 1. The molecule has 1 aromatic carbocycles. The van der Waals surface area contributed by atoms with Crippen LogP contribution in [0.1, 0.15) is 22.6 Å². The van der Waals surface area contributed by atoms with E-state index in [1.165, 1.54) is 22.7 Å². The summed E-state index contributed by atoms with van der Waals surface area (Å²) in [7, 11) is 0. The number of rotatable bonds is 11. The second kappa shape index (κ2) is 10.7. The van der Waals surface area contributed by atoms with Crippen LogP contribution in [-0.2, 0) is 24.4 Å². The van der Waals surface area contributed by atoms with Crippen molar-refractivity contribution in [2.75, 3.05) is 0 Å². The third-order valence-electron chi connectivity index (χ3n) is 5.06. The van der Waals surface area contributed by atoms with Crippen molar-refractivity contribution in [3.8, 4) is 11.4 Å². The van der Waals surface area contributed by atoms with Crippen LogP contribution in [0.15, 0.2) is 53.7 Å². The van der Waals surface area contributed by atoms with Crippen LogP contribution in [0, 0.1) is 4.77 Å². The highest BCUT2D eigenvalue weighted by atomic mass is 32.1. The van der Waals surface area contributed by atoms with Crippen LogP contribution in [0.4, 0.5) is 0 Å².